The number of halogens is 4. The molecule has 0 aliphatic heterocycles. The zero-order valence-electron chi connectivity index (χ0n) is 10.6. The number of likely N-dealkylation sites (N-methyl/N-ethyl adjacent to an activating group) is 1. The SMILES string of the molecule is CNC(Cc1cccc(Cl)c1Cl)c1ncc(Br)cc1Br. The summed E-state index contributed by atoms with van der Waals surface area (Å²) in [6.45, 7) is 0. The van der Waals surface area contributed by atoms with Gasteiger partial charge in [-0.05, 0) is 63.0 Å². The average molecular weight is 439 g/mol. The maximum atomic E-state index is 6.25. The molecule has 1 heterocycles. The van der Waals surface area contributed by atoms with Crippen molar-refractivity contribution >= 4 is 55.1 Å². The molecule has 2 nitrogen and oxygen atoms in total. The number of nitrogens with one attached hydrogen (secondary N) is 1. The molecule has 0 amide bonds. The lowest BCUT2D eigenvalue weighted by molar-refractivity contribution is 0.573. The highest BCUT2D eigenvalue weighted by Crippen LogP contribution is 2.31. The van der Waals surface area contributed by atoms with Gasteiger partial charge in [-0.2, -0.15) is 0 Å². The molecular formula is C14H12Br2Cl2N2. The lowest BCUT2D eigenvalue weighted by atomic mass is 10.0. The predicted molar refractivity (Wildman–Crippen MR) is 91.6 cm³/mol. The van der Waals surface area contributed by atoms with Crippen LogP contribution in [-0.4, -0.2) is 12.0 Å². The Kier molecular flexibility index (Phi) is 5.87. The molecule has 106 valence electrons. The van der Waals surface area contributed by atoms with Crippen molar-refractivity contribution in [2.24, 2.45) is 0 Å². The maximum absolute atomic E-state index is 6.25. The third-order valence-corrected chi connectivity index (χ3v) is 4.90. The zero-order chi connectivity index (χ0) is 14.7. The molecule has 0 radical (unpaired) electrons. The van der Waals surface area contributed by atoms with E-state index in [4.69, 9.17) is 23.2 Å². The number of benzene rings is 1. The van der Waals surface area contributed by atoms with Crippen LogP contribution in [0, 0.1) is 0 Å². The third kappa shape index (κ3) is 3.74. The van der Waals surface area contributed by atoms with Gasteiger partial charge in [-0.25, -0.2) is 0 Å². The fourth-order valence-corrected chi connectivity index (χ4v) is 3.60. The van der Waals surface area contributed by atoms with E-state index in [1.807, 2.05) is 25.2 Å². The van der Waals surface area contributed by atoms with Gasteiger partial charge in [0.15, 0.2) is 0 Å². The fraction of sp³-hybridized carbons (Fsp3) is 0.214. The standard InChI is InChI=1S/C14H12Br2Cl2N2/c1-19-12(14-10(16)6-9(15)7-20-14)5-8-3-2-4-11(17)13(8)18/h2-4,6-7,12,19H,5H2,1H3. The van der Waals surface area contributed by atoms with Crippen LogP contribution in [-0.2, 0) is 6.42 Å². The van der Waals surface area contributed by atoms with Crippen LogP contribution in [0.3, 0.4) is 0 Å². The predicted octanol–water partition coefficient (Wildman–Crippen LogP) is 5.42. The summed E-state index contributed by atoms with van der Waals surface area (Å²) in [6, 6.07) is 7.70. The van der Waals surface area contributed by atoms with Crippen molar-refractivity contribution in [3.63, 3.8) is 0 Å². The van der Waals surface area contributed by atoms with E-state index < -0.39 is 0 Å². The summed E-state index contributed by atoms with van der Waals surface area (Å²) >= 11 is 19.2. The van der Waals surface area contributed by atoms with Gasteiger partial charge in [0.2, 0.25) is 0 Å². The molecule has 0 bridgehead atoms. The largest absolute Gasteiger partial charge is 0.311 e. The first kappa shape index (κ1) is 16.2. The van der Waals surface area contributed by atoms with Gasteiger partial charge in [0.1, 0.15) is 0 Å². The first-order valence-electron chi connectivity index (χ1n) is 5.94. The fourth-order valence-electron chi connectivity index (χ4n) is 1.94. The lowest BCUT2D eigenvalue weighted by Gasteiger charge is -2.18. The smallest absolute Gasteiger partial charge is 0.0719 e. The molecule has 1 aromatic carbocycles. The summed E-state index contributed by atoms with van der Waals surface area (Å²) in [6.07, 6.45) is 2.49. The van der Waals surface area contributed by atoms with Gasteiger partial charge in [0.05, 0.1) is 21.8 Å². The minimum Gasteiger partial charge on any atom is -0.311 e. The first-order chi connectivity index (χ1) is 9.52. The first-order valence-corrected chi connectivity index (χ1v) is 8.28. The van der Waals surface area contributed by atoms with E-state index in [1.54, 1.807) is 12.3 Å². The summed E-state index contributed by atoms with van der Waals surface area (Å²) in [5.41, 5.74) is 1.93. The van der Waals surface area contributed by atoms with Crippen molar-refractivity contribution in [3.05, 3.63) is 60.7 Å². The molecule has 2 rings (SSSR count). The van der Waals surface area contributed by atoms with Crippen molar-refractivity contribution in [1.82, 2.24) is 10.3 Å². The third-order valence-electron chi connectivity index (χ3n) is 2.97. The van der Waals surface area contributed by atoms with E-state index in [2.05, 4.69) is 42.2 Å². The second-order valence-electron chi connectivity index (χ2n) is 4.28. The van der Waals surface area contributed by atoms with Crippen molar-refractivity contribution in [3.8, 4) is 0 Å². The van der Waals surface area contributed by atoms with E-state index in [1.165, 1.54) is 0 Å². The van der Waals surface area contributed by atoms with Crippen LogP contribution < -0.4 is 5.32 Å². The zero-order valence-corrected chi connectivity index (χ0v) is 15.3. The number of nitrogens with zero attached hydrogens (tertiary/aromatic N) is 1. The monoisotopic (exact) mass is 436 g/mol. The van der Waals surface area contributed by atoms with Crippen LogP contribution >= 0.6 is 55.1 Å². The molecule has 0 aliphatic rings. The molecule has 1 N–H and O–H groups in total. The van der Waals surface area contributed by atoms with Crippen LogP contribution in [0.15, 0.2) is 39.4 Å². The van der Waals surface area contributed by atoms with Gasteiger partial charge in [-0.3, -0.25) is 4.98 Å². The van der Waals surface area contributed by atoms with Crippen LogP contribution in [0.5, 0.6) is 0 Å². The number of pyridine rings is 1. The highest BCUT2D eigenvalue weighted by atomic mass is 79.9. The number of hydrogen-bond acceptors (Lipinski definition) is 2. The summed E-state index contributed by atoms with van der Waals surface area (Å²) in [5.74, 6) is 0. The van der Waals surface area contributed by atoms with E-state index in [9.17, 15) is 0 Å². The van der Waals surface area contributed by atoms with Crippen LogP contribution in [0.25, 0.3) is 0 Å². The molecule has 1 aromatic heterocycles. The molecule has 1 unspecified atom stereocenters. The van der Waals surface area contributed by atoms with Crippen molar-refractivity contribution in [1.29, 1.82) is 0 Å². The van der Waals surface area contributed by atoms with Gasteiger partial charge in [-0.1, -0.05) is 35.3 Å². The quantitative estimate of drug-likeness (QED) is 0.689. The maximum Gasteiger partial charge on any atom is 0.0719 e. The minimum absolute atomic E-state index is 0.0495. The minimum atomic E-state index is 0.0495. The number of rotatable bonds is 4. The Morgan fingerprint density at radius 2 is 2.05 bits per heavy atom. The Balaban J connectivity index is 2.31. The van der Waals surface area contributed by atoms with E-state index in [0.29, 0.717) is 16.5 Å². The molecule has 6 heteroatoms. The molecule has 1 atom stereocenters. The molecule has 0 saturated heterocycles. The summed E-state index contributed by atoms with van der Waals surface area (Å²) < 4.78 is 1.88. The van der Waals surface area contributed by atoms with Crippen LogP contribution in [0.1, 0.15) is 17.3 Å². The number of hydrogen-bond donors (Lipinski definition) is 1. The topological polar surface area (TPSA) is 24.9 Å². The van der Waals surface area contributed by atoms with Crippen molar-refractivity contribution < 1.29 is 0 Å². The van der Waals surface area contributed by atoms with Gasteiger partial charge in [-0.15, -0.1) is 0 Å². The second-order valence-corrected chi connectivity index (χ2v) is 6.83. The molecule has 0 aliphatic carbocycles. The van der Waals surface area contributed by atoms with Crippen LogP contribution in [0.2, 0.25) is 10.0 Å². The Hall–Kier alpha value is -0.130. The Bertz CT molecular complexity index is 620. The van der Waals surface area contributed by atoms with Crippen molar-refractivity contribution in [2.75, 3.05) is 7.05 Å². The van der Waals surface area contributed by atoms with Gasteiger partial charge in [0.25, 0.3) is 0 Å². The molecular weight excluding hydrogens is 427 g/mol. The van der Waals surface area contributed by atoms with Gasteiger partial charge >= 0.3 is 0 Å². The van der Waals surface area contributed by atoms with Gasteiger partial charge in [0, 0.05) is 15.1 Å². The van der Waals surface area contributed by atoms with E-state index in [0.717, 1.165) is 20.2 Å². The van der Waals surface area contributed by atoms with Crippen LogP contribution in [0.4, 0.5) is 0 Å². The second kappa shape index (κ2) is 7.23. The highest BCUT2D eigenvalue weighted by molar-refractivity contribution is 9.11. The molecule has 0 saturated carbocycles. The Morgan fingerprint density at radius 3 is 2.70 bits per heavy atom. The Labute approximate surface area is 145 Å². The highest BCUT2D eigenvalue weighted by Gasteiger charge is 2.17. The molecule has 0 fully saturated rings. The van der Waals surface area contributed by atoms with Gasteiger partial charge < -0.3 is 5.32 Å². The molecule has 0 spiro atoms. The van der Waals surface area contributed by atoms with Crippen molar-refractivity contribution in [2.45, 2.75) is 12.5 Å². The summed E-state index contributed by atoms with van der Waals surface area (Å²) in [4.78, 5) is 4.46. The number of aromatic nitrogens is 1. The lowest BCUT2D eigenvalue weighted by Crippen LogP contribution is -2.20. The summed E-state index contributed by atoms with van der Waals surface area (Å²) in [7, 11) is 1.90. The summed E-state index contributed by atoms with van der Waals surface area (Å²) in [5, 5.41) is 4.44. The molecule has 2 aromatic rings. The van der Waals surface area contributed by atoms with E-state index >= 15 is 0 Å². The van der Waals surface area contributed by atoms with E-state index in [-0.39, 0.29) is 6.04 Å². The Morgan fingerprint density at radius 1 is 1.30 bits per heavy atom. The normalized spacial score (nSPS) is 12.4. The molecule has 20 heavy (non-hydrogen) atoms. The average Bonchev–Trinajstić information content (AvgIpc) is 2.41.